The summed E-state index contributed by atoms with van der Waals surface area (Å²) in [5.41, 5.74) is 0. The van der Waals surface area contributed by atoms with Gasteiger partial charge >= 0.3 is 0 Å². The number of hydrogen-bond donors (Lipinski definition) is 0. The lowest BCUT2D eigenvalue weighted by Gasteiger charge is -2.35. The molecule has 2 fully saturated rings. The molecule has 3 heterocycles. The van der Waals surface area contributed by atoms with Crippen LogP contribution in [0.25, 0.3) is 0 Å². The third-order valence-corrected chi connectivity index (χ3v) is 3.07. The minimum Gasteiger partial charge on any atom is -0.377 e. The van der Waals surface area contributed by atoms with E-state index in [-0.39, 0.29) is 0 Å². The fourth-order valence-corrected chi connectivity index (χ4v) is 2.44. The summed E-state index contributed by atoms with van der Waals surface area (Å²) in [5, 5.41) is 0. The first-order chi connectivity index (χ1) is 6.95. The van der Waals surface area contributed by atoms with E-state index < -0.39 is 0 Å². The Morgan fingerprint density at radius 3 is 2.71 bits per heavy atom. The van der Waals surface area contributed by atoms with E-state index in [4.69, 9.17) is 4.74 Å². The Balaban J connectivity index is 1.92. The van der Waals surface area contributed by atoms with E-state index >= 15 is 0 Å². The third-order valence-electron chi connectivity index (χ3n) is 3.07. The number of nitrogens with zero attached hydrogens (tertiary/aromatic N) is 3. The van der Waals surface area contributed by atoms with Crippen molar-refractivity contribution < 1.29 is 4.74 Å². The van der Waals surface area contributed by atoms with Crippen molar-refractivity contribution in [1.29, 1.82) is 0 Å². The second kappa shape index (κ2) is 3.20. The summed E-state index contributed by atoms with van der Waals surface area (Å²) in [6.07, 6.45) is 5.88. The Labute approximate surface area is 82.9 Å². The highest BCUT2D eigenvalue weighted by Crippen LogP contribution is 2.32. The van der Waals surface area contributed by atoms with Crippen molar-refractivity contribution in [2.75, 3.05) is 18.1 Å². The summed E-state index contributed by atoms with van der Waals surface area (Å²) in [6, 6.07) is 3.05. The zero-order chi connectivity index (χ0) is 9.38. The maximum absolute atomic E-state index is 5.52. The molecule has 2 unspecified atom stereocenters. The van der Waals surface area contributed by atoms with Crippen LogP contribution in [0, 0.1) is 0 Å². The molecule has 4 nitrogen and oxygen atoms in total. The van der Waals surface area contributed by atoms with Gasteiger partial charge in [-0.15, -0.1) is 0 Å². The second-order valence-corrected chi connectivity index (χ2v) is 3.90. The lowest BCUT2D eigenvalue weighted by Crippen LogP contribution is -2.46. The smallest absolute Gasteiger partial charge is 0.132 e. The molecule has 3 rings (SSSR count). The summed E-state index contributed by atoms with van der Waals surface area (Å²) in [4.78, 5) is 10.6. The van der Waals surface area contributed by atoms with Crippen molar-refractivity contribution in [1.82, 2.24) is 9.97 Å². The molecule has 2 aliphatic rings. The standard InChI is InChI=1S/C10H13N3O/c1-2-9-6-14-5-8(1)13(9)10-3-4-11-7-12-10/h3-4,7-9H,1-2,5-6H2. The van der Waals surface area contributed by atoms with Crippen LogP contribution < -0.4 is 4.90 Å². The maximum atomic E-state index is 5.52. The van der Waals surface area contributed by atoms with Crippen LogP contribution >= 0.6 is 0 Å². The predicted octanol–water partition coefficient (Wildman–Crippen LogP) is 0.844. The highest BCUT2D eigenvalue weighted by Gasteiger charge is 2.37. The Bertz CT molecular complexity index is 300. The van der Waals surface area contributed by atoms with E-state index in [1.165, 1.54) is 12.8 Å². The van der Waals surface area contributed by atoms with E-state index in [0.717, 1.165) is 19.0 Å². The summed E-state index contributed by atoms with van der Waals surface area (Å²) >= 11 is 0. The van der Waals surface area contributed by atoms with Crippen LogP contribution in [0.4, 0.5) is 5.82 Å². The average Bonchev–Trinajstić information content (AvgIpc) is 2.50. The van der Waals surface area contributed by atoms with Crippen LogP contribution in [0.3, 0.4) is 0 Å². The first-order valence-corrected chi connectivity index (χ1v) is 5.07. The zero-order valence-electron chi connectivity index (χ0n) is 7.97. The lowest BCUT2D eigenvalue weighted by molar-refractivity contribution is 0.0902. The fourth-order valence-electron chi connectivity index (χ4n) is 2.44. The average molecular weight is 191 g/mol. The number of ether oxygens (including phenoxy) is 1. The van der Waals surface area contributed by atoms with Crippen molar-refractivity contribution in [3.05, 3.63) is 18.6 Å². The number of hydrogen-bond acceptors (Lipinski definition) is 4. The zero-order valence-corrected chi connectivity index (χ0v) is 7.97. The molecule has 2 aliphatic heterocycles. The number of anilines is 1. The summed E-state index contributed by atoms with van der Waals surface area (Å²) in [5.74, 6) is 1.05. The van der Waals surface area contributed by atoms with Gasteiger partial charge in [0.05, 0.1) is 25.3 Å². The van der Waals surface area contributed by atoms with Gasteiger partial charge in [0.2, 0.25) is 0 Å². The van der Waals surface area contributed by atoms with E-state index in [2.05, 4.69) is 14.9 Å². The molecular formula is C10H13N3O. The minimum atomic E-state index is 0.531. The quantitative estimate of drug-likeness (QED) is 0.659. The van der Waals surface area contributed by atoms with Crippen LogP contribution in [0.2, 0.25) is 0 Å². The molecule has 0 N–H and O–H groups in total. The van der Waals surface area contributed by atoms with Crippen LogP contribution in [-0.4, -0.2) is 35.3 Å². The molecule has 0 aromatic carbocycles. The third kappa shape index (κ3) is 1.18. The largest absolute Gasteiger partial charge is 0.377 e. The molecule has 4 heteroatoms. The molecule has 1 aromatic rings. The molecule has 0 spiro atoms. The molecule has 2 atom stereocenters. The van der Waals surface area contributed by atoms with E-state index in [0.29, 0.717) is 12.1 Å². The van der Waals surface area contributed by atoms with Gasteiger partial charge in [-0.05, 0) is 18.9 Å². The molecule has 74 valence electrons. The van der Waals surface area contributed by atoms with Gasteiger partial charge in [-0.25, -0.2) is 9.97 Å². The number of fused-ring (bicyclic) bond motifs is 2. The predicted molar refractivity (Wildman–Crippen MR) is 52.1 cm³/mol. The van der Waals surface area contributed by atoms with E-state index in [1.54, 1.807) is 12.5 Å². The van der Waals surface area contributed by atoms with Crippen LogP contribution in [-0.2, 0) is 4.74 Å². The van der Waals surface area contributed by atoms with Gasteiger partial charge in [0.15, 0.2) is 0 Å². The molecular weight excluding hydrogens is 178 g/mol. The molecule has 0 amide bonds. The van der Waals surface area contributed by atoms with Gasteiger partial charge in [-0.2, -0.15) is 0 Å². The Hall–Kier alpha value is -1.16. The molecule has 0 radical (unpaired) electrons. The maximum Gasteiger partial charge on any atom is 0.132 e. The highest BCUT2D eigenvalue weighted by atomic mass is 16.5. The summed E-state index contributed by atoms with van der Waals surface area (Å²) in [6.45, 7) is 1.70. The molecule has 1 aromatic heterocycles. The number of aromatic nitrogens is 2. The van der Waals surface area contributed by atoms with Crippen molar-refractivity contribution in [2.24, 2.45) is 0 Å². The van der Waals surface area contributed by atoms with Crippen LogP contribution in [0.1, 0.15) is 12.8 Å². The number of morpholine rings is 1. The van der Waals surface area contributed by atoms with Gasteiger partial charge in [-0.3, -0.25) is 0 Å². The summed E-state index contributed by atoms with van der Waals surface area (Å²) in [7, 11) is 0. The van der Waals surface area contributed by atoms with Crippen LogP contribution in [0.5, 0.6) is 0 Å². The minimum absolute atomic E-state index is 0.531. The van der Waals surface area contributed by atoms with Crippen LogP contribution in [0.15, 0.2) is 18.6 Å². The molecule has 0 saturated carbocycles. The van der Waals surface area contributed by atoms with Gasteiger partial charge in [0, 0.05) is 6.20 Å². The van der Waals surface area contributed by atoms with Gasteiger partial charge in [0.1, 0.15) is 12.1 Å². The monoisotopic (exact) mass is 191 g/mol. The lowest BCUT2D eigenvalue weighted by atomic mass is 10.2. The SMILES string of the molecule is c1cc(N2C3CCC2COC3)ncn1. The second-order valence-electron chi connectivity index (χ2n) is 3.90. The normalized spacial score (nSPS) is 30.7. The Morgan fingerprint density at radius 1 is 1.29 bits per heavy atom. The molecule has 2 saturated heterocycles. The van der Waals surface area contributed by atoms with E-state index in [9.17, 15) is 0 Å². The first-order valence-electron chi connectivity index (χ1n) is 5.07. The molecule has 14 heavy (non-hydrogen) atoms. The Morgan fingerprint density at radius 2 is 2.07 bits per heavy atom. The fraction of sp³-hybridized carbons (Fsp3) is 0.600. The molecule has 2 bridgehead atoms. The van der Waals surface area contributed by atoms with E-state index in [1.807, 2.05) is 6.07 Å². The van der Waals surface area contributed by atoms with Crippen molar-refractivity contribution in [3.8, 4) is 0 Å². The highest BCUT2D eigenvalue weighted by molar-refractivity contribution is 5.42. The van der Waals surface area contributed by atoms with Crippen molar-refractivity contribution in [3.63, 3.8) is 0 Å². The first kappa shape index (κ1) is 8.17. The topological polar surface area (TPSA) is 38.2 Å². The van der Waals surface area contributed by atoms with Gasteiger partial charge in [-0.1, -0.05) is 0 Å². The van der Waals surface area contributed by atoms with Gasteiger partial charge in [0.25, 0.3) is 0 Å². The molecule has 0 aliphatic carbocycles. The van der Waals surface area contributed by atoms with Crippen molar-refractivity contribution in [2.45, 2.75) is 24.9 Å². The van der Waals surface area contributed by atoms with Crippen molar-refractivity contribution >= 4 is 5.82 Å². The van der Waals surface area contributed by atoms with Gasteiger partial charge < -0.3 is 9.64 Å². The summed E-state index contributed by atoms with van der Waals surface area (Å²) < 4.78 is 5.52. The number of rotatable bonds is 1. The Kier molecular flexibility index (Phi) is 1.87.